The van der Waals surface area contributed by atoms with Gasteiger partial charge in [0.25, 0.3) is 0 Å². The summed E-state index contributed by atoms with van der Waals surface area (Å²) in [7, 11) is 0. The SMILES string of the molecule is O=C(CCC(=O)N1CCSc2ccccc21)Nc1ccccn1. The molecule has 0 aliphatic carbocycles. The molecule has 1 aliphatic heterocycles. The third-order valence-electron chi connectivity index (χ3n) is 3.53. The molecule has 2 aromatic rings. The minimum Gasteiger partial charge on any atom is -0.311 e. The molecule has 2 amide bonds. The predicted molar refractivity (Wildman–Crippen MR) is 91.6 cm³/mol. The molecule has 0 saturated carbocycles. The van der Waals surface area contributed by atoms with E-state index < -0.39 is 0 Å². The van der Waals surface area contributed by atoms with Gasteiger partial charge in [-0.3, -0.25) is 9.59 Å². The number of carbonyl (C=O) groups is 2. The lowest BCUT2D eigenvalue weighted by Crippen LogP contribution is -2.35. The van der Waals surface area contributed by atoms with E-state index in [0.717, 1.165) is 16.3 Å². The van der Waals surface area contributed by atoms with Gasteiger partial charge in [0.05, 0.1) is 5.69 Å². The van der Waals surface area contributed by atoms with E-state index in [9.17, 15) is 9.59 Å². The Morgan fingerprint density at radius 1 is 1.13 bits per heavy atom. The lowest BCUT2D eigenvalue weighted by Gasteiger charge is -2.29. The monoisotopic (exact) mass is 327 g/mol. The van der Waals surface area contributed by atoms with Gasteiger partial charge in [-0.2, -0.15) is 0 Å². The molecule has 1 N–H and O–H groups in total. The molecular weight excluding hydrogens is 310 g/mol. The smallest absolute Gasteiger partial charge is 0.227 e. The number of carbonyl (C=O) groups excluding carboxylic acids is 2. The van der Waals surface area contributed by atoms with Crippen LogP contribution in [0.25, 0.3) is 0 Å². The van der Waals surface area contributed by atoms with E-state index in [1.807, 2.05) is 24.3 Å². The number of rotatable bonds is 4. The van der Waals surface area contributed by atoms with Gasteiger partial charge in [0.2, 0.25) is 11.8 Å². The summed E-state index contributed by atoms with van der Waals surface area (Å²) < 4.78 is 0. The van der Waals surface area contributed by atoms with Crippen molar-refractivity contribution in [3.05, 3.63) is 48.7 Å². The minimum atomic E-state index is -0.197. The Kier molecular flexibility index (Phi) is 4.92. The van der Waals surface area contributed by atoms with E-state index in [1.54, 1.807) is 41.1 Å². The summed E-state index contributed by atoms with van der Waals surface area (Å²) in [5, 5.41) is 2.69. The summed E-state index contributed by atoms with van der Waals surface area (Å²) in [4.78, 5) is 31.3. The Labute approximate surface area is 139 Å². The average Bonchev–Trinajstić information content (AvgIpc) is 2.60. The second-order valence-electron chi connectivity index (χ2n) is 5.12. The van der Waals surface area contributed by atoms with Crippen LogP contribution < -0.4 is 10.2 Å². The molecule has 0 radical (unpaired) electrons. The summed E-state index contributed by atoms with van der Waals surface area (Å²) in [5.74, 6) is 1.17. The van der Waals surface area contributed by atoms with Crippen LogP contribution in [0, 0.1) is 0 Å². The maximum atomic E-state index is 12.4. The number of pyridine rings is 1. The number of thioether (sulfide) groups is 1. The molecule has 1 aliphatic rings. The van der Waals surface area contributed by atoms with Gasteiger partial charge in [0, 0.05) is 36.2 Å². The summed E-state index contributed by atoms with van der Waals surface area (Å²) in [6, 6.07) is 13.2. The van der Waals surface area contributed by atoms with E-state index >= 15 is 0 Å². The summed E-state index contributed by atoms with van der Waals surface area (Å²) in [5.41, 5.74) is 0.943. The standard InChI is InChI=1S/C17H17N3O2S/c21-16(19-15-7-3-4-10-18-15)8-9-17(22)20-11-12-23-14-6-2-1-5-13(14)20/h1-7,10H,8-9,11-12H2,(H,18,19,21). The van der Waals surface area contributed by atoms with Gasteiger partial charge in [0.15, 0.2) is 0 Å². The van der Waals surface area contributed by atoms with Crippen LogP contribution in [0.3, 0.4) is 0 Å². The van der Waals surface area contributed by atoms with Crippen molar-refractivity contribution in [1.82, 2.24) is 4.98 Å². The van der Waals surface area contributed by atoms with E-state index in [4.69, 9.17) is 0 Å². The van der Waals surface area contributed by atoms with Gasteiger partial charge in [-0.05, 0) is 24.3 Å². The van der Waals surface area contributed by atoms with Crippen LogP contribution in [0.4, 0.5) is 11.5 Å². The molecular formula is C17H17N3O2S. The average molecular weight is 327 g/mol. The second-order valence-corrected chi connectivity index (χ2v) is 6.26. The first-order chi connectivity index (χ1) is 11.2. The number of para-hydroxylation sites is 1. The number of anilines is 2. The normalized spacial score (nSPS) is 13.3. The van der Waals surface area contributed by atoms with Crippen LogP contribution in [-0.4, -0.2) is 29.1 Å². The Hall–Kier alpha value is -2.34. The second kappa shape index (κ2) is 7.28. The Balaban J connectivity index is 1.57. The molecule has 6 heteroatoms. The fraction of sp³-hybridized carbons (Fsp3) is 0.235. The first kappa shape index (κ1) is 15.6. The van der Waals surface area contributed by atoms with Gasteiger partial charge in [0.1, 0.15) is 5.82 Å². The Bertz CT molecular complexity index is 706. The van der Waals surface area contributed by atoms with Crippen molar-refractivity contribution in [2.45, 2.75) is 17.7 Å². The van der Waals surface area contributed by atoms with Gasteiger partial charge in [-0.15, -0.1) is 11.8 Å². The number of benzene rings is 1. The maximum Gasteiger partial charge on any atom is 0.227 e. The molecule has 0 saturated heterocycles. The molecule has 1 aromatic carbocycles. The van der Waals surface area contributed by atoms with Crippen molar-refractivity contribution in [2.75, 3.05) is 22.5 Å². The zero-order valence-corrected chi connectivity index (χ0v) is 13.4. The van der Waals surface area contributed by atoms with E-state index in [0.29, 0.717) is 12.4 Å². The van der Waals surface area contributed by atoms with Gasteiger partial charge < -0.3 is 10.2 Å². The number of amides is 2. The maximum absolute atomic E-state index is 12.4. The molecule has 118 valence electrons. The summed E-state index contributed by atoms with van der Waals surface area (Å²) >= 11 is 1.75. The zero-order chi connectivity index (χ0) is 16.1. The highest BCUT2D eigenvalue weighted by Gasteiger charge is 2.22. The molecule has 23 heavy (non-hydrogen) atoms. The highest BCUT2D eigenvalue weighted by Crippen LogP contribution is 2.34. The molecule has 2 heterocycles. The zero-order valence-electron chi connectivity index (χ0n) is 12.6. The van der Waals surface area contributed by atoms with Crippen molar-refractivity contribution >= 4 is 35.1 Å². The summed E-state index contributed by atoms with van der Waals surface area (Å²) in [6.45, 7) is 0.683. The third kappa shape index (κ3) is 3.90. The van der Waals surface area contributed by atoms with Gasteiger partial charge in [-0.25, -0.2) is 4.98 Å². The van der Waals surface area contributed by atoms with Crippen molar-refractivity contribution < 1.29 is 9.59 Å². The van der Waals surface area contributed by atoms with Crippen molar-refractivity contribution in [3.63, 3.8) is 0 Å². The highest BCUT2D eigenvalue weighted by molar-refractivity contribution is 7.99. The number of nitrogens with one attached hydrogen (secondary N) is 1. The fourth-order valence-corrected chi connectivity index (χ4v) is 3.42. The van der Waals surface area contributed by atoms with Crippen LogP contribution in [0.2, 0.25) is 0 Å². The number of nitrogens with zero attached hydrogens (tertiary/aromatic N) is 2. The Morgan fingerprint density at radius 3 is 2.78 bits per heavy atom. The lowest BCUT2D eigenvalue weighted by molar-refractivity contribution is -0.122. The minimum absolute atomic E-state index is 0.0195. The fourth-order valence-electron chi connectivity index (χ4n) is 2.43. The molecule has 5 nitrogen and oxygen atoms in total. The van der Waals surface area contributed by atoms with Crippen LogP contribution in [-0.2, 0) is 9.59 Å². The van der Waals surface area contributed by atoms with Crippen molar-refractivity contribution in [3.8, 4) is 0 Å². The third-order valence-corrected chi connectivity index (χ3v) is 4.57. The lowest BCUT2D eigenvalue weighted by atomic mass is 10.2. The highest BCUT2D eigenvalue weighted by atomic mass is 32.2. The molecule has 1 aromatic heterocycles. The van der Waals surface area contributed by atoms with E-state index in [1.165, 1.54) is 0 Å². The quantitative estimate of drug-likeness (QED) is 0.938. The van der Waals surface area contributed by atoms with E-state index in [-0.39, 0.29) is 24.7 Å². The first-order valence-electron chi connectivity index (χ1n) is 7.47. The van der Waals surface area contributed by atoms with Crippen LogP contribution in [0.1, 0.15) is 12.8 Å². The van der Waals surface area contributed by atoms with Crippen LogP contribution >= 0.6 is 11.8 Å². The summed E-state index contributed by atoms with van der Waals surface area (Å²) in [6.07, 6.45) is 1.96. The molecule has 0 atom stereocenters. The largest absolute Gasteiger partial charge is 0.311 e. The molecule has 0 fully saturated rings. The van der Waals surface area contributed by atoms with Crippen molar-refractivity contribution in [1.29, 1.82) is 0 Å². The number of fused-ring (bicyclic) bond motifs is 1. The molecule has 0 bridgehead atoms. The first-order valence-corrected chi connectivity index (χ1v) is 8.46. The predicted octanol–water partition coefficient (Wildman–Crippen LogP) is 2.94. The number of aromatic nitrogens is 1. The molecule has 3 rings (SSSR count). The van der Waals surface area contributed by atoms with Gasteiger partial charge >= 0.3 is 0 Å². The van der Waals surface area contributed by atoms with Gasteiger partial charge in [-0.1, -0.05) is 18.2 Å². The van der Waals surface area contributed by atoms with E-state index in [2.05, 4.69) is 10.3 Å². The molecule has 0 spiro atoms. The van der Waals surface area contributed by atoms with Crippen LogP contribution in [0.5, 0.6) is 0 Å². The topological polar surface area (TPSA) is 62.3 Å². The van der Waals surface area contributed by atoms with Crippen LogP contribution in [0.15, 0.2) is 53.6 Å². The Morgan fingerprint density at radius 2 is 1.96 bits per heavy atom. The van der Waals surface area contributed by atoms with Crippen molar-refractivity contribution in [2.24, 2.45) is 0 Å². The number of hydrogen-bond donors (Lipinski definition) is 1. The molecule has 0 unspecified atom stereocenters. The number of hydrogen-bond acceptors (Lipinski definition) is 4.